The van der Waals surface area contributed by atoms with E-state index in [0.29, 0.717) is 12.1 Å². The summed E-state index contributed by atoms with van der Waals surface area (Å²) in [5.74, 6) is 0.271. The lowest BCUT2D eigenvalue weighted by Crippen LogP contribution is -3.11. The van der Waals surface area contributed by atoms with Crippen molar-refractivity contribution in [2.75, 3.05) is 7.05 Å². The van der Waals surface area contributed by atoms with Gasteiger partial charge in [-0.15, -0.1) is 0 Å². The zero-order valence-corrected chi connectivity index (χ0v) is 12.7. The van der Waals surface area contributed by atoms with E-state index in [9.17, 15) is 5.11 Å². The minimum absolute atomic E-state index is 0.246. The Balaban J connectivity index is 1.96. The zero-order valence-electron chi connectivity index (χ0n) is 12.7. The van der Waals surface area contributed by atoms with Gasteiger partial charge in [0, 0.05) is 23.5 Å². The molecular weight excluding hydrogens is 258 g/mol. The standard InChI is InChI=1S/C19H23NO/c1-14-18(21)13-17(15-9-5-3-6-10-15)20(2)19(14)16-11-7-4-8-12-16/h3-12,14,17-19,21H,13H2,1-2H3/p+1/t14-,17+,18+,19-/m0/s1. The van der Waals surface area contributed by atoms with Crippen molar-refractivity contribution in [2.45, 2.75) is 31.5 Å². The number of aliphatic hydroxyl groups excluding tert-OH is 1. The first kappa shape index (κ1) is 14.3. The van der Waals surface area contributed by atoms with Crippen molar-refractivity contribution in [3.63, 3.8) is 0 Å². The molecule has 0 spiro atoms. The van der Waals surface area contributed by atoms with Gasteiger partial charge in [-0.2, -0.15) is 0 Å². The highest BCUT2D eigenvalue weighted by molar-refractivity contribution is 5.21. The van der Waals surface area contributed by atoms with Crippen LogP contribution in [-0.2, 0) is 0 Å². The van der Waals surface area contributed by atoms with Crippen LogP contribution in [0.4, 0.5) is 0 Å². The molecule has 2 aromatic carbocycles. The van der Waals surface area contributed by atoms with Crippen LogP contribution in [0.5, 0.6) is 0 Å². The summed E-state index contributed by atoms with van der Waals surface area (Å²) in [5.41, 5.74) is 2.64. The van der Waals surface area contributed by atoms with Gasteiger partial charge in [0.25, 0.3) is 0 Å². The van der Waals surface area contributed by atoms with Crippen molar-refractivity contribution in [1.29, 1.82) is 0 Å². The molecule has 1 fully saturated rings. The Bertz CT molecular complexity index is 569. The van der Waals surface area contributed by atoms with Crippen molar-refractivity contribution in [3.8, 4) is 0 Å². The third kappa shape index (κ3) is 2.74. The lowest BCUT2D eigenvalue weighted by molar-refractivity contribution is -0.955. The van der Waals surface area contributed by atoms with Crippen molar-refractivity contribution < 1.29 is 10.0 Å². The number of quaternary nitrogens is 1. The van der Waals surface area contributed by atoms with Crippen LogP contribution in [0.15, 0.2) is 60.7 Å². The summed E-state index contributed by atoms with van der Waals surface area (Å²) in [6.45, 7) is 2.17. The first-order valence-corrected chi connectivity index (χ1v) is 7.79. The van der Waals surface area contributed by atoms with Crippen molar-refractivity contribution in [2.24, 2.45) is 5.92 Å². The summed E-state index contributed by atoms with van der Waals surface area (Å²) in [6, 6.07) is 21.9. The second-order valence-corrected chi connectivity index (χ2v) is 6.26. The average Bonchev–Trinajstić information content (AvgIpc) is 2.53. The largest absolute Gasteiger partial charge is 0.392 e. The fraction of sp³-hybridized carbons (Fsp3) is 0.368. The summed E-state index contributed by atoms with van der Waals surface area (Å²) >= 11 is 0. The van der Waals surface area contributed by atoms with E-state index in [1.54, 1.807) is 0 Å². The first-order chi connectivity index (χ1) is 10.2. The number of rotatable bonds is 2. The van der Waals surface area contributed by atoms with Gasteiger partial charge in [-0.3, -0.25) is 0 Å². The number of hydrogen-bond acceptors (Lipinski definition) is 1. The second kappa shape index (κ2) is 6.00. The minimum atomic E-state index is -0.246. The highest BCUT2D eigenvalue weighted by atomic mass is 16.3. The van der Waals surface area contributed by atoms with E-state index in [4.69, 9.17) is 0 Å². The van der Waals surface area contributed by atoms with E-state index in [2.05, 4.69) is 74.6 Å². The summed E-state index contributed by atoms with van der Waals surface area (Å²) < 4.78 is 0. The van der Waals surface area contributed by atoms with Crippen LogP contribution in [0, 0.1) is 5.92 Å². The molecule has 1 aliphatic heterocycles. The van der Waals surface area contributed by atoms with E-state index in [0.717, 1.165) is 6.42 Å². The molecule has 2 nitrogen and oxygen atoms in total. The van der Waals surface area contributed by atoms with Crippen LogP contribution in [0.3, 0.4) is 0 Å². The number of benzene rings is 2. The highest BCUT2D eigenvalue weighted by Crippen LogP contribution is 2.32. The third-order valence-electron chi connectivity index (χ3n) is 5.01. The Morgan fingerprint density at radius 3 is 2.00 bits per heavy atom. The SMILES string of the molecule is C[C@H]1[C@H](O)C[C@H](c2ccccc2)[NH+](C)[C@@H]1c1ccccc1. The lowest BCUT2D eigenvalue weighted by Gasteiger charge is -2.43. The molecule has 2 heteroatoms. The molecule has 110 valence electrons. The van der Waals surface area contributed by atoms with E-state index in [-0.39, 0.29) is 12.0 Å². The topological polar surface area (TPSA) is 24.7 Å². The monoisotopic (exact) mass is 282 g/mol. The minimum Gasteiger partial charge on any atom is -0.392 e. The van der Waals surface area contributed by atoms with Gasteiger partial charge in [-0.05, 0) is 0 Å². The smallest absolute Gasteiger partial charge is 0.118 e. The quantitative estimate of drug-likeness (QED) is 0.868. The predicted octanol–water partition coefficient (Wildman–Crippen LogP) is 2.38. The maximum atomic E-state index is 10.5. The molecule has 0 radical (unpaired) electrons. The van der Waals surface area contributed by atoms with Crippen LogP contribution in [0.25, 0.3) is 0 Å². The number of likely N-dealkylation sites (tertiary alicyclic amines) is 1. The molecule has 21 heavy (non-hydrogen) atoms. The van der Waals surface area contributed by atoms with Gasteiger partial charge in [0.1, 0.15) is 12.1 Å². The van der Waals surface area contributed by atoms with E-state index < -0.39 is 0 Å². The summed E-state index contributed by atoms with van der Waals surface area (Å²) in [6.07, 6.45) is 0.587. The van der Waals surface area contributed by atoms with Crippen LogP contribution >= 0.6 is 0 Å². The average molecular weight is 282 g/mol. The van der Waals surface area contributed by atoms with E-state index in [1.807, 2.05) is 0 Å². The van der Waals surface area contributed by atoms with Gasteiger partial charge >= 0.3 is 0 Å². The third-order valence-corrected chi connectivity index (χ3v) is 5.01. The van der Waals surface area contributed by atoms with Gasteiger partial charge < -0.3 is 10.0 Å². The van der Waals surface area contributed by atoms with Crippen LogP contribution in [0.2, 0.25) is 0 Å². The molecule has 0 amide bonds. The molecule has 1 aliphatic rings. The molecule has 2 N–H and O–H groups in total. The lowest BCUT2D eigenvalue weighted by atomic mass is 9.79. The Kier molecular flexibility index (Phi) is 4.09. The maximum absolute atomic E-state index is 10.5. The molecule has 0 saturated carbocycles. The van der Waals surface area contributed by atoms with Gasteiger partial charge in [0.2, 0.25) is 0 Å². The van der Waals surface area contributed by atoms with Gasteiger partial charge in [-0.1, -0.05) is 67.6 Å². The maximum Gasteiger partial charge on any atom is 0.118 e. The fourth-order valence-electron chi connectivity index (χ4n) is 3.81. The Morgan fingerprint density at radius 1 is 0.905 bits per heavy atom. The Labute approximate surface area is 127 Å². The molecule has 1 unspecified atom stereocenters. The number of aliphatic hydroxyl groups is 1. The summed E-state index contributed by atoms with van der Waals surface area (Å²) in [5, 5.41) is 10.5. The Morgan fingerprint density at radius 2 is 1.43 bits per heavy atom. The fourth-order valence-corrected chi connectivity index (χ4v) is 3.81. The van der Waals surface area contributed by atoms with Gasteiger partial charge in [-0.25, -0.2) is 0 Å². The van der Waals surface area contributed by atoms with Crippen molar-refractivity contribution in [3.05, 3.63) is 71.8 Å². The summed E-state index contributed by atoms with van der Waals surface area (Å²) in [4.78, 5) is 1.48. The molecule has 3 rings (SSSR count). The van der Waals surface area contributed by atoms with Crippen LogP contribution < -0.4 is 4.90 Å². The number of nitrogens with one attached hydrogen (secondary N) is 1. The molecule has 1 saturated heterocycles. The highest BCUT2D eigenvalue weighted by Gasteiger charge is 2.43. The van der Waals surface area contributed by atoms with E-state index >= 15 is 0 Å². The normalized spacial score (nSPS) is 32.8. The molecule has 2 aromatic rings. The van der Waals surface area contributed by atoms with Gasteiger partial charge in [0.05, 0.1) is 13.2 Å². The molecule has 0 bridgehead atoms. The molecule has 0 aliphatic carbocycles. The molecular formula is C19H24NO+. The van der Waals surface area contributed by atoms with Crippen molar-refractivity contribution in [1.82, 2.24) is 0 Å². The predicted molar refractivity (Wildman–Crippen MR) is 85.0 cm³/mol. The van der Waals surface area contributed by atoms with Gasteiger partial charge in [0.15, 0.2) is 0 Å². The van der Waals surface area contributed by atoms with E-state index in [1.165, 1.54) is 16.0 Å². The zero-order chi connectivity index (χ0) is 14.8. The second-order valence-electron chi connectivity index (χ2n) is 6.26. The Hall–Kier alpha value is -1.64. The van der Waals surface area contributed by atoms with Crippen LogP contribution in [0.1, 0.15) is 36.6 Å². The molecule has 5 atom stereocenters. The number of piperidine rings is 1. The first-order valence-electron chi connectivity index (χ1n) is 7.79. The van der Waals surface area contributed by atoms with Crippen LogP contribution in [-0.4, -0.2) is 18.3 Å². The summed E-state index contributed by atoms with van der Waals surface area (Å²) in [7, 11) is 2.26. The molecule has 0 aromatic heterocycles. The van der Waals surface area contributed by atoms with Crippen molar-refractivity contribution >= 4 is 0 Å². The molecule has 1 heterocycles. The number of hydrogen-bond donors (Lipinski definition) is 2.